The van der Waals surface area contributed by atoms with Gasteiger partial charge in [-0.25, -0.2) is 0 Å². The molecule has 3 N–H and O–H groups in total. The van der Waals surface area contributed by atoms with Crippen LogP contribution in [-0.4, -0.2) is 18.5 Å². The molecule has 1 aromatic heterocycles. The van der Waals surface area contributed by atoms with Crippen molar-refractivity contribution in [2.45, 2.75) is 51.0 Å². The van der Waals surface area contributed by atoms with Crippen LogP contribution in [-0.2, 0) is 4.79 Å². The maximum atomic E-state index is 12.3. The number of hydrogen-bond acceptors (Lipinski definition) is 3. The molecule has 1 aliphatic carbocycles. The summed E-state index contributed by atoms with van der Waals surface area (Å²) in [7, 11) is 0. The summed E-state index contributed by atoms with van der Waals surface area (Å²) in [4.78, 5) is 13.4. The molecule has 0 saturated heterocycles. The Bertz CT molecular complexity index is 391. The smallest absolute Gasteiger partial charge is 0.228 e. The van der Waals surface area contributed by atoms with E-state index in [0.717, 1.165) is 4.88 Å². The van der Waals surface area contributed by atoms with Crippen molar-refractivity contribution in [3.63, 3.8) is 0 Å². The highest BCUT2D eigenvalue weighted by molar-refractivity contribution is 7.10. The number of hydrogen-bond donors (Lipinski definition) is 2. The van der Waals surface area contributed by atoms with Gasteiger partial charge in [0.15, 0.2) is 0 Å². The van der Waals surface area contributed by atoms with Crippen LogP contribution in [0, 0.1) is 5.92 Å². The Balaban J connectivity index is 0.00000200. The molecule has 1 saturated carbocycles. The normalized spacial score (nSPS) is 18.9. The first-order valence-electron chi connectivity index (χ1n) is 7.26. The molecule has 20 heavy (non-hydrogen) atoms. The predicted molar refractivity (Wildman–Crippen MR) is 87.5 cm³/mol. The van der Waals surface area contributed by atoms with Gasteiger partial charge in [-0.3, -0.25) is 4.79 Å². The summed E-state index contributed by atoms with van der Waals surface area (Å²) in [5.74, 6) is 0.611. The maximum absolute atomic E-state index is 12.3. The minimum absolute atomic E-state index is 0. The molecule has 114 valence electrons. The third-order valence-corrected chi connectivity index (χ3v) is 5.22. The van der Waals surface area contributed by atoms with Gasteiger partial charge >= 0.3 is 0 Å². The molecule has 0 radical (unpaired) electrons. The van der Waals surface area contributed by atoms with Gasteiger partial charge in [-0.05, 0) is 37.1 Å². The molecule has 0 spiro atoms. The standard InChI is InChI=1S/C15H24N2OS.ClH/c1-11(14-8-5-9-19-14)15(18)17-13(10-16)12-6-3-2-4-7-12;/h5,8-9,11-13H,2-4,6-7,10,16H2,1H3,(H,17,18);1H. The van der Waals surface area contributed by atoms with Crippen LogP contribution in [0.1, 0.15) is 49.8 Å². The van der Waals surface area contributed by atoms with Gasteiger partial charge in [0.05, 0.1) is 5.92 Å². The van der Waals surface area contributed by atoms with Crippen LogP contribution in [0.15, 0.2) is 17.5 Å². The highest BCUT2D eigenvalue weighted by Crippen LogP contribution is 2.27. The molecule has 2 unspecified atom stereocenters. The van der Waals surface area contributed by atoms with E-state index in [0.29, 0.717) is 12.5 Å². The monoisotopic (exact) mass is 316 g/mol. The van der Waals surface area contributed by atoms with Gasteiger partial charge in [-0.2, -0.15) is 0 Å². The lowest BCUT2D eigenvalue weighted by Gasteiger charge is -2.30. The van der Waals surface area contributed by atoms with Crippen LogP contribution >= 0.6 is 23.7 Å². The van der Waals surface area contributed by atoms with Crippen LogP contribution < -0.4 is 11.1 Å². The van der Waals surface area contributed by atoms with E-state index in [4.69, 9.17) is 5.73 Å². The number of thiophene rings is 1. The Hall–Kier alpha value is -0.580. The summed E-state index contributed by atoms with van der Waals surface area (Å²) in [6.07, 6.45) is 6.29. The van der Waals surface area contributed by atoms with Gasteiger partial charge in [0.2, 0.25) is 5.91 Å². The fourth-order valence-corrected chi connectivity index (χ4v) is 3.66. The average molecular weight is 317 g/mol. The molecular weight excluding hydrogens is 292 g/mol. The Labute approximate surface area is 131 Å². The quantitative estimate of drug-likeness (QED) is 0.875. The minimum atomic E-state index is -0.0716. The van der Waals surface area contributed by atoms with Gasteiger partial charge in [-0.15, -0.1) is 23.7 Å². The molecule has 1 aliphatic rings. The number of nitrogens with one attached hydrogen (secondary N) is 1. The van der Waals surface area contributed by atoms with Crippen LogP contribution in [0.2, 0.25) is 0 Å². The van der Waals surface area contributed by atoms with Crippen LogP contribution in [0.5, 0.6) is 0 Å². The van der Waals surface area contributed by atoms with Crippen molar-refractivity contribution >= 4 is 29.7 Å². The number of halogens is 1. The topological polar surface area (TPSA) is 55.1 Å². The molecule has 2 atom stereocenters. The van der Waals surface area contributed by atoms with Crippen molar-refractivity contribution in [2.75, 3.05) is 6.54 Å². The van der Waals surface area contributed by atoms with Crippen molar-refractivity contribution in [1.82, 2.24) is 5.32 Å². The highest BCUT2D eigenvalue weighted by atomic mass is 35.5. The molecule has 1 amide bonds. The summed E-state index contributed by atoms with van der Waals surface area (Å²) in [5.41, 5.74) is 5.86. The molecule has 1 fully saturated rings. The second kappa shape index (κ2) is 8.65. The van der Waals surface area contributed by atoms with Gasteiger partial charge in [0.25, 0.3) is 0 Å². The fraction of sp³-hybridized carbons (Fsp3) is 0.667. The first kappa shape index (κ1) is 17.5. The zero-order valence-corrected chi connectivity index (χ0v) is 13.6. The number of amides is 1. The van der Waals surface area contributed by atoms with Crippen molar-refractivity contribution < 1.29 is 4.79 Å². The molecular formula is C15H25ClN2OS. The van der Waals surface area contributed by atoms with Crippen molar-refractivity contribution in [1.29, 1.82) is 0 Å². The summed E-state index contributed by atoms with van der Waals surface area (Å²) in [6.45, 7) is 2.52. The van der Waals surface area contributed by atoms with E-state index in [1.807, 2.05) is 24.4 Å². The van der Waals surface area contributed by atoms with E-state index in [1.54, 1.807) is 11.3 Å². The Morgan fingerprint density at radius 3 is 2.70 bits per heavy atom. The number of carbonyl (C=O) groups is 1. The van der Waals surface area contributed by atoms with E-state index >= 15 is 0 Å². The van der Waals surface area contributed by atoms with Crippen molar-refractivity contribution in [2.24, 2.45) is 11.7 Å². The Kier molecular flexibility index (Phi) is 7.56. The summed E-state index contributed by atoms with van der Waals surface area (Å²) in [5, 5.41) is 5.18. The summed E-state index contributed by atoms with van der Waals surface area (Å²) in [6, 6.07) is 4.16. The van der Waals surface area contributed by atoms with Crippen LogP contribution in [0.3, 0.4) is 0 Å². The Morgan fingerprint density at radius 1 is 1.45 bits per heavy atom. The molecule has 2 rings (SSSR count). The molecule has 0 bridgehead atoms. The summed E-state index contributed by atoms with van der Waals surface area (Å²) >= 11 is 1.64. The molecule has 3 nitrogen and oxygen atoms in total. The fourth-order valence-electron chi connectivity index (χ4n) is 2.88. The molecule has 0 aliphatic heterocycles. The lowest BCUT2D eigenvalue weighted by Crippen LogP contribution is -2.47. The maximum Gasteiger partial charge on any atom is 0.228 e. The average Bonchev–Trinajstić information content (AvgIpc) is 2.98. The van der Waals surface area contributed by atoms with Gasteiger partial charge < -0.3 is 11.1 Å². The van der Waals surface area contributed by atoms with Gasteiger partial charge in [0.1, 0.15) is 0 Å². The van der Waals surface area contributed by atoms with Gasteiger partial charge in [0, 0.05) is 17.5 Å². The predicted octanol–water partition coefficient (Wildman–Crippen LogP) is 3.30. The lowest BCUT2D eigenvalue weighted by atomic mass is 9.83. The zero-order valence-electron chi connectivity index (χ0n) is 12.0. The highest BCUT2D eigenvalue weighted by Gasteiger charge is 2.26. The molecule has 1 heterocycles. The second-order valence-electron chi connectivity index (χ2n) is 5.49. The first-order chi connectivity index (χ1) is 9.22. The van der Waals surface area contributed by atoms with E-state index in [-0.39, 0.29) is 30.3 Å². The lowest BCUT2D eigenvalue weighted by molar-refractivity contribution is -0.123. The third-order valence-electron chi connectivity index (χ3n) is 4.16. The minimum Gasteiger partial charge on any atom is -0.351 e. The van der Waals surface area contributed by atoms with Crippen LogP contribution in [0.25, 0.3) is 0 Å². The zero-order chi connectivity index (χ0) is 13.7. The molecule has 5 heteroatoms. The van der Waals surface area contributed by atoms with E-state index in [2.05, 4.69) is 5.32 Å². The number of rotatable bonds is 5. The van der Waals surface area contributed by atoms with Crippen molar-refractivity contribution in [3.8, 4) is 0 Å². The number of nitrogens with two attached hydrogens (primary N) is 1. The Morgan fingerprint density at radius 2 is 2.15 bits per heavy atom. The molecule has 1 aromatic rings. The molecule has 0 aromatic carbocycles. The third kappa shape index (κ3) is 4.47. The van der Waals surface area contributed by atoms with Gasteiger partial charge in [-0.1, -0.05) is 25.3 Å². The first-order valence-corrected chi connectivity index (χ1v) is 8.14. The SMILES string of the molecule is CC(C(=O)NC(CN)C1CCCCC1)c1cccs1.Cl. The second-order valence-corrected chi connectivity index (χ2v) is 6.47. The summed E-state index contributed by atoms with van der Waals surface area (Å²) < 4.78 is 0. The van der Waals surface area contributed by atoms with Crippen molar-refractivity contribution in [3.05, 3.63) is 22.4 Å². The van der Waals surface area contributed by atoms with Crippen LogP contribution in [0.4, 0.5) is 0 Å². The largest absolute Gasteiger partial charge is 0.351 e. The van der Waals surface area contributed by atoms with E-state index in [9.17, 15) is 4.79 Å². The van der Waals surface area contributed by atoms with E-state index < -0.39 is 0 Å². The van der Waals surface area contributed by atoms with E-state index in [1.165, 1.54) is 32.1 Å². The number of carbonyl (C=O) groups excluding carboxylic acids is 1.